The number of ether oxygens (including phenoxy) is 1. The van der Waals surface area contributed by atoms with Crippen LogP contribution in [-0.2, 0) is 6.42 Å². The van der Waals surface area contributed by atoms with Crippen molar-refractivity contribution < 1.29 is 4.74 Å². The topological polar surface area (TPSA) is 21.3 Å². The maximum absolute atomic E-state index is 5.25. The Morgan fingerprint density at radius 1 is 1.40 bits per heavy atom. The fourth-order valence-corrected chi connectivity index (χ4v) is 1.99. The zero-order chi connectivity index (χ0) is 10.7. The Labute approximate surface area is 91.0 Å². The zero-order valence-corrected chi connectivity index (χ0v) is 9.34. The third-order valence-electron chi connectivity index (χ3n) is 2.74. The molecule has 0 amide bonds. The van der Waals surface area contributed by atoms with Crippen molar-refractivity contribution >= 4 is 5.70 Å². The summed E-state index contributed by atoms with van der Waals surface area (Å²) in [6.07, 6.45) is 4.53. The highest BCUT2D eigenvalue weighted by Crippen LogP contribution is 2.28. The van der Waals surface area contributed by atoms with Gasteiger partial charge < -0.3 is 10.1 Å². The summed E-state index contributed by atoms with van der Waals surface area (Å²) in [5.74, 6) is 0.930. The summed E-state index contributed by atoms with van der Waals surface area (Å²) in [7, 11) is 1.71. The highest BCUT2D eigenvalue weighted by molar-refractivity contribution is 5.69. The third kappa shape index (κ3) is 1.99. The molecule has 0 saturated carbocycles. The van der Waals surface area contributed by atoms with Crippen LogP contribution in [0, 0.1) is 0 Å². The highest BCUT2D eigenvalue weighted by Gasteiger charge is 2.12. The molecule has 0 heterocycles. The van der Waals surface area contributed by atoms with Crippen LogP contribution in [0.25, 0.3) is 5.70 Å². The Hall–Kier alpha value is -1.44. The molecule has 0 spiro atoms. The van der Waals surface area contributed by atoms with E-state index in [1.165, 1.54) is 16.8 Å². The maximum Gasteiger partial charge on any atom is 0.119 e. The van der Waals surface area contributed by atoms with E-state index in [1.807, 2.05) is 6.07 Å². The summed E-state index contributed by atoms with van der Waals surface area (Å²) in [4.78, 5) is 0. The lowest BCUT2D eigenvalue weighted by atomic mass is 9.94. The number of rotatable bonds is 3. The number of hydrogen-bond acceptors (Lipinski definition) is 2. The smallest absolute Gasteiger partial charge is 0.119 e. The molecule has 0 fully saturated rings. The van der Waals surface area contributed by atoms with Crippen LogP contribution in [0.3, 0.4) is 0 Å². The molecule has 0 unspecified atom stereocenters. The molecular formula is C13H17NO. The second kappa shape index (κ2) is 4.39. The van der Waals surface area contributed by atoms with Gasteiger partial charge in [0.15, 0.2) is 0 Å². The van der Waals surface area contributed by atoms with Gasteiger partial charge in [-0.25, -0.2) is 0 Å². The predicted octanol–water partition coefficient (Wildman–Crippen LogP) is 2.59. The number of fused-ring (bicyclic) bond motifs is 1. The van der Waals surface area contributed by atoms with Crippen molar-refractivity contribution in [2.45, 2.75) is 19.8 Å². The third-order valence-corrected chi connectivity index (χ3v) is 2.74. The summed E-state index contributed by atoms with van der Waals surface area (Å²) in [6, 6.07) is 6.31. The SMILES string of the molecule is CCNC1=CCCc2ccc(OC)cc21. The van der Waals surface area contributed by atoms with E-state index in [9.17, 15) is 0 Å². The fraction of sp³-hybridized carbons (Fsp3) is 0.385. The summed E-state index contributed by atoms with van der Waals surface area (Å²) in [5, 5.41) is 3.40. The lowest BCUT2D eigenvalue weighted by Gasteiger charge is -2.19. The molecule has 80 valence electrons. The van der Waals surface area contributed by atoms with Gasteiger partial charge in [0.2, 0.25) is 0 Å². The van der Waals surface area contributed by atoms with Crippen LogP contribution in [0.1, 0.15) is 24.5 Å². The van der Waals surface area contributed by atoms with Crippen molar-refractivity contribution in [2.24, 2.45) is 0 Å². The molecule has 2 heteroatoms. The lowest BCUT2D eigenvalue weighted by molar-refractivity contribution is 0.414. The van der Waals surface area contributed by atoms with Gasteiger partial charge in [-0.05, 0) is 37.5 Å². The molecule has 2 rings (SSSR count). The molecule has 0 aromatic heterocycles. The molecular weight excluding hydrogens is 186 g/mol. The van der Waals surface area contributed by atoms with Crippen LogP contribution in [0.2, 0.25) is 0 Å². The Bertz CT molecular complexity index is 382. The molecule has 0 saturated heterocycles. The minimum Gasteiger partial charge on any atom is -0.497 e. The Morgan fingerprint density at radius 3 is 3.00 bits per heavy atom. The van der Waals surface area contributed by atoms with Gasteiger partial charge >= 0.3 is 0 Å². The molecule has 1 aromatic rings. The quantitative estimate of drug-likeness (QED) is 0.815. The van der Waals surface area contributed by atoms with Crippen molar-refractivity contribution in [3.05, 3.63) is 35.4 Å². The Kier molecular flexibility index (Phi) is 2.95. The molecule has 1 aromatic carbocycles. The van der Waals surface area contributed by atoms with Gasteiger partial charge in [0.1, 0.15) is 5.75 Å². The minimum atomic E-state index is 0.930. The first-order chi connectivity index (χ1) is 7.35. The van der Waals surface area contributed by atoms with Crippen molar-refractivity contribution in [1.29, 1.82) is 0 Å². The summed E-state index contributed by atoms with van der Waals surface area (Å²) in [5.41, 5.74) is 3.95. The first-order valence-corrected chi connectivity index (χ1v) is 5.46. The largest absolute Gasteiger partial charge is 0.497 e. The second-order valence-corrected chi connectivity index (χ2v) is 3.71. The number of aryl methyl sites for hydroxylation is 1. The van der Waals surface area contributed by atoms with Crippen LogP contribution in [0.15, 0.2) is 24.3 Å². The van der Waals surface area contributed by atoms with Gasteiger partial charge in [-0.2, -0.15) is 0 Å². The molecule has 0 aliphatic heterocycles. The number of hydrogen-bond donors (Lipinski definition) is 1. The van der Waals surface area contributed by atoms with E-state index in [2.05, 4.69) is 30.4 Å². The van der Waals surface area contributed by atoms with E-state index in [0.29, 0.717) is 0 Å². The average molecular weight is 203 g/mol. The monoisotopic (exact) mass is 203 g/mol. The minimum absolute atomic E-state index is 0.930. The van der Waals surface area contributed by atoms with Crippen LogP contribution in [0.5, 0.6) is 5.75 Å². The fourth-order valence-electron chi connectivity index (χ4n) is 1.99. The average Bonchev–Trinajstić information content (AvgIpc) is 2.29. The summed E-state index contributed by atoms with van der Waals surface area (Å²) < 4.78 is 5.25. The van der Waals surface area contributed by atoms with Crippen LogP contribution >= 0.6 is 0 Å². The first kappa shape index (κ1) is 10.1. The van der Waals surface area contributed by atoms with E-state index in [1.54, 1.807) is 7.11 Å². The van der Waals surface area contributed by atoms with Crippen LogP contribution < -0.4 is 10.1 Å². The van der Waals surface area contributed by atoms with Crippen molar-refractivity contribution in [3.8, 4) is 5.75 Å². The lowest BCUT2D eigenvalue weighted by Crippen LogP contribution is -2.15. The zero-order valence-electron chi connectivity index (χ0n) is 9.34. The first-order valence-electron chi connectivity index (χ1n) is 5.46. The van der Waals surface area contributed by atoms with E-state index in [-0.39, 0.29) is 0 Å². The van der Waals surface area contributed by atoms with Crippen molar-refractivity contribution in [1.82, 2.24) is 5.32 Å². The van der Waals surface area contributed by atoms with E-state index < -0.39 is 0 Å². The van der Waals surface area contributed by atoms with E-state index in [0.717, 1.165) is 25.1 Å². The maximum atomic E-state index is 5.25. The molecule has 0 radical (unpaired) electrons. The van der Waals surface area contributed by atoms with Gasteiger partial charge in [0.05, 0.1) is 7.11 Å². The normalized spacial score (nSPS) is 14.1. The second-order valence-electron chi connectivity index (χ2n) is 3.71. The van der Waals surface area contributed by atoms with Gasteiger partial charge in [0, 0.05) is 17.8 Å². The molecule has 1 N–H and O–H groups in total. The van der Waals surface area contributed by atoms with Gasteiger partial charge in [0.25, 0.3) is 0 Å². The molecule has 1 aliphatic carbocycles. The van der Waals surface area contributed by atoms with E-state index in [4.69, 9.17) is 4.74 Å². The molecule has 1 aliphatic rings. The number of allylic oxidation sites excluding steroid dienone is 1. The van der Waals surface area contributed by atoms with Crippen molar-refractivity contribution in [3.63, 3.8) is 0 Å². The predicted molar refractivity (Wildman–Crippen MR) is 63.0 cm³/mol. The molecule has 0 atom stereocenters. The standard InChI is InChI=1S/C13H17NO/c1-3-14-13-6-4-5-10-7-8-11(15-2)9-12(10)13/h6-9,14H,3-5H2,1-2H3. The number of benzene rings is 1. The van der Waals surface area contributed by atoms with Gasteiger partial charge in [-0.15, -0.1) is 0 Å². The van der Waals surface area contributed by atoms with E-state index >= 15 is 0 Å². The Balaban J connectivity index is 2.38. The summed E-state index contributed by atoms with van der Waals surface area (Å²) in [6.45, 7) is 3.08. The number of methoxy groups -OCH3 is 1. The summed E-state index contributed by atoms with van der Waals surface area (Å²) >= 11 is 0. The van der Waals surface area contributed by atoms with Crippen molar-refractivity contribution in [2.75, 3.05) is 13.7 Å². The van der Waals surface area contributed by atoms with Crippen LogP contribution in [0.4, 0.5) is 0 Å². The molecule has 0 bridgehead atoms. The highest BCUT2D eigenvalue weighted by atomic mass is 16.5. The van der Waals surface area contributed by atoms with Gasteiger partial charge in [-0.1, -0.05) is 12.1 Å². The van der Waals surface area contributed by atoms with Gasteiger partial charge in [-0.3, -0.25) is 0 Å². The number of nitrogens with one attached hydrogen (secondary N) is 1. The Morgan fingerprint density at radius 2 is 2.27 bits per heavy atom. The molecule has 2 nitrogen and oxygen atoms in total. The molecule has 15 heavy (non-hydrogen) atoms. The van der Waals surface area contributed by atoms with Crippen LogP contribution in [-0.4, -0.2) is 13.7 Å².